The SMILES string of the molecule is CCCCCN=C(NCC)N(C)Cc1cn(C)nc1C(C)C.I. The molecule has 6 heteroatoms. The highest BCUT2D eigenvalue weighted by atomic mass is 127. The van der Waals surface area contributed by atoms with Gasteiger partial charge in [-0.25, -0.2) is 0 Å². The van der Waals surface area contributed by atoms with Crippen LogP contribution in [0, 0.1) is 0 Å². The number of unbranched alkanes of at least 4 members (excludes halogenated alkanes) is 2. The summed E-state index contributed by atoms with van der Waals surface area (Å²) >= 11 is 0. The van der Waals surface area contributed by atoms with Gasteiger partial charge in [0.1, 0.15) is 0 Å². The summed E-state index contributed by atoms with van der Waals surface area (Å²) < 4.78 is 1.91. The van der Waals surface area contributed by atoms with Crippen molar-refractivity contribution in [3.63, 3.8) is 0 Å². The summed E-state index contributed by atoms with van der Waals surface area (Å²) in [5.41, 5.74) is 2.45. The second-order valence-corrected chi connectivity index (χ2v) is 6.17. The third-order valence-corrected chi connectivity index (χ3v) is 3.61. The smallest absolute Gasteiger partial charge is 0.193 e. The highest BCUT2D eigenvalue weighted by Crippen LogP contribution is 2.18. The number of hydrogen-bond donors (Lipinski definition) is 1. The molecular formula is C17H34IN5. The van der Waals surface area contributed by atoms with Crippen molar-refractivity contribution in [2.24, 2.45) is 12.0 Å². The van der Waals surface area contributed by atoms with Crippen molar-refractivity contribution in [3.05, 3.63) is 17.5 Å². The molecule has 1 aromatic rings. The number of rotatable bonds is 8. The monoisotopic (exact) mass is 435 g/mol. The van der Waals surface area contributed by atoms with Crippen LogP contribution >= 0.6 is 24.0 Å². The highest BCUT2D eigenvalue weighted by Gasteiger charge is 2.14. The van der Waals surface area contributed by atoms with Crippen LogP contribution in [0.2, 0.25) is 0 Å². The second kappa shape index (κ2) is 11.7. The van der Waals surface area contributed by atoms with Crippen LogP contribution in [0.4, 0.5) is 0 Å². The molecule has 134 valence electrons. The second-order valence-electron chi connectivity index (χ2n) is 6.17. The maximum absolute atomic E-state index is 4.73. The van der Waals surface area contributed by atoms with Gasteiger partial charge in [0.2, 0.25) is 0 Å². The third kappa shape index (κ3) is 7.54. The number of nitrogens with zero attached hydrogens (tertiary/aromatic N) is 4. The fraction of sp³-hybridized carbons (Fsp3) is 0.765. The van der Waals surface area contributed by atoms with Gasteiger partial charge in [-0.1, -0.05) is 33.6 Å². The molecule has 0 aromatic carbocycles. The summed E-state index contributed by atoms with van der Waals surface area (Å²) in [4.78, 5) is 6.93. The molecule has 1 heterocycles. The molecule has 5 nitrogen and oxygen atoms in total. The topological polar surface area (TPSA) is 45.5 Å². The number of nitrogens with one attached hydrogen (secondary N) is 1. The van der Waals surface area contributed by atoms with Crippen molar-refractivity contribution in [2.45, 2.75) is 59.4 Å². The van der Waals surface area contributed by atoms with Crippen LogP contribution in [-0.4, -0.2) is 40.8 Å². The number of halogens is 1. The molecule has 1 rings (SSSR count). The van der Waals surface area contributed by atoms with E-state index >= 15 is 0 Å². The molecule has 23 heavy (non-hydrogen) atoms. The Morgan fingerprint density at radius 1 is 1.35 bits per heavy atom. The molecule has 0 spiro atoms. The fourth-order valence-electron chi connectivity index (χ4n) is 2.51. The van der Waals surface area contributed by atoms with E-state index in [2.05, 4.69) is 56.3 Å². The number of aliphatic imine (C=N–C) groups is 1. The quantitative estimate of drug-likeness (QED) is 0.293. The molecule has 0 saturated carbocycles. The molecule has 0 aliphatic heterocycles. The van der Waals surface area contributed by atoms with E-state index in [9.17, 15) is 0 Å². The van der Waals surface area contributed by atoms with Crippen molar-refractivity contribution in [1.82, 2.24) is 20.0 Å². The summed E-state index contributed by atoms with van der Waals surface area (Å²) in [5.74, 6) is 1.42. The van der Waals surface area contributed by atoms with Crippen LogP contribution in [0.15, 0.2) is 11.2 Å². The minimum Gasteiger partial charge on any atom is -0.357 e. The van der Waals surface area contributed by atoms with Crippen LogP contribution < -0.4 is 5.32 Å². The molecule has 0 unspecified atom stereocenters. The first-order valence-electron chi connectivity index (χ1n) is 8.51. The zero-order valence-corrected chi connectivity index (χ0v) is 17.9. The van der Waals surface area contributed by atoms with Crippen molar-refractivity contribution >= 4 is 29.9 Å². The number of aromatic nitrogens is 2. The standard InChI is InChI=1S/C17H33N5.HI/c1-7-9-10-11-19-17(18-8-2)21(5)12-15-13-22(6)20-16(15)14(3)4;/h13-14H,7-12H2,1-6H3,(H,18,19);1H. The van der Waals surface area contributed by atoms with E-state index < -0.39 is 0 Å². The Hall–Kier alpha value is -0.790. The van der Waals surface area contributed by atoms with Gasteiger partial charge in [0.25, 0.3) is 0 Å². The summed E-state index contributed by atoms with van der Waals surface area (Å²) in [7, 11) is 4.08. The van der Waals surface area contributed by atoms with Crippen LogP contribution in [0.25, 0.3) is 0 Å². The molecule has 1 aromatic heterocycles. The van der Waals surface area contributed by atoms with Gasteiger partial charge in [0.05, 0.1) is 5.69 Å². The summed E-state index contributed by atoms with van der Waals surface area (Å²) in [6, 6.07) is 0. The normalized spacial score (nSPS) is 11.5. The lowest BCUT2D eigenvalue weighted by Gasteiger charge is -2.22. The van der Waals surface area contributed by atoms with E-state index in [1.807, 2.05) is 11.7 Å². The predicted molar refractivity (Wildman–Crippen MR) is 110 cm³/mol. The van der Waals surface area contributed by atoms with Crippen LogP contribution in [0.3, 0.4) is 0 Å². The Balaban J connectivity index is 0.00000484. The summed E-state index contributed by atoms with van der Waals surface area (Å²) in [6.07, 6.45) is 5.75. The lowest BCUT2D eigenvalue weighted by atomic mass is 10.1. The molecule has 1 N–H and O–H groups in total. The Labute approximate surface area is 158 Å². The Kier molecular flexibility index (Phi) is 11.3. The molecule has 0 bridgehead atoms. The van der Waals surface area contributed by atoms with Gasteiger partial charge in [-0.15, -0.1) is 24.0 Å². The van der Waals surface area contributed by atoms with Gasteiger partial charge in [0.15, 0.2) is 5.96 Å². The first kappa shape index (κ1) is 22.2. The van der Waals surface area contributed by atoms with Crippen molar-refractivity contribution < 1.29 is 0 Å². The van der Waals surface area contributed by atoms with Gasteiger partial charge in [0, 0.05) is 45.5 Å². The Bertz CT molecular complexity index is 468. The lowest BCUT2D eigenvalue weighted by Crippen LogP contribution is -2.38. The summed E-state index contributed by atoms with van der Waals surface area (Å²) in [5, 5.41) is 7.97. The first-order valence-corrected chi connectivity index (χ1v) is 8.51. The molecule has 0 aliphatic rings. The minimum absolute atomic E-state index is 0. The maximum Gasteiger partial charge on any atom is 0.193 e. The van der Waals surface area contributed by atoms with Crippen molar-refractivity contribution in [2.75, 3.05) is 20.1 Å². The minimum atomic E-state index is 0. The molecule has 0 radical (unpaired) electrons. The average molecular weight is 435 g/mol. The van der Waals surface area contributed by atoms with Gasteiger partial charge < -0.3 is 10.2 Å². The van der Waals surface area contributed by atoms with Gasteiger partial charge in [-0.05, 0) is 19.3 Å². The van der Waals surface area contributed by atoms with Gasteiger partial charge in [-0.3, -0.25) is 9.67 Å². The molecule has 0 amide bonds. The van der Waals surface area contributed by atoms with E-state index in [1.165, 1.54) is 24.1 Å². The lowest BCUT2D eigenvalue weighted by molar-refractivity contribution is 0.473. The fourth-order valence-corrected chi connectivity index (χ4v) is 2.51. The largest absolute Gasteiger partial charge is 0.357 e. The van der Waals surface area contributed by atoms with Crippen molar-refractivity contribution in [1.29, 1.82) is 0 Å². The average Bonchev–Trinajstić information content (AvgIpc) is 2.83. The third-order valence-electron chi connectivity index (χ3n) is 3.61. The Morgan fingerprint density at radius 3 is 2.61 bits per heavy atom. The molecule has 0 fully saturated rings. The van der Waals surface area contributed by atoms with Crippen LogP contribution in [0.5, 0.6) is 0 Å². The summed E-state index contributed by atoms with van der Waals surface area (Å²) in [6.45, 7) is 11.3. The molecule has 0 saturated heterocycles. The number of aryl methyl sites for hydroxylation is 1. The number of guanidine groups is 1. The molecular weight excluding hydrogens is 401 g/mol. The van der Waals surface area contributed by atoms with E-state index in [-0.39, 0.29) is 24.0 Å². The van der Waals surface area contributed by atoms with Gasteiger partial charge >= 0.3 is 0 Å². The first-order chi connectivity index (χ1) is 10.5. The number of hydrogen-bond acceptors (Lipinski definition) is 2. The highest BCUT2D eigenvalue weighted by molar-refractivity contribution is 14.0. The van der Waals surface area contributed by atoms with E-state index in [0.29, 0.717) is 5.92 Å². The van der Waals surface area contributed by atoms with E-state index in [1.54, 1.807) is 0 Å². The maximum atomic E-state index is 4.73. The molecule has 0 aliphatic carbocycles. The zero-order chi connectivity index (χ0) is 16.5. The van der Waals surface area contributed by atoms with Crippen molar-refractivity contribution in [3.8, 4) is 0 Å². The van der Waals surface area contributed by atoms with E-state index in [0.717, 1.165) is 32.0 Å². The van der Waals surface area contributed by atoms with Gasteiger partial charge in [-0.2, -0.15) is 5.10 Å². The van der Waals surface area contributed by atoms with Crippen LogP contribution in [-0.2, 0) is 13.6 Å². The Morgan fingerprint density at radius 2 is 2.04 bits per heavy atom. The molecule has 0 atom stereocenters. The zero-order valence-electron chi connectivity index (χ0n) is 15.6. The van der Waals surface area contributed by atoms with E-state index in [4.69, 9.17) is 4.99 Å². The van der Waals surface area contributed by atoms with Crippen LogP contribution in [0.1, 0.15) is 64.1 Å². The predicted octanol–water partition coefficient (Wildman–Crippen LogP) is 3.75.